The average Bonchev–Trinajstić information content (AvgIpc) is 2.75. The van der Waals surface area contributed by atoms with Gasteiger partial charge in [0.1, 0.15) is 0 Å². The molecule has 2 aromatic carbocycles. The second kappa shape index (κ2) is 8.74. The summed E-state index contributed by atoms with van der Waals surface area (Å²) in [5.41, 5.74) is 6.13. The predicted octanol–water partition coefficient (Wildman–Crippen LogP) is 3.33. The second-order valence-electron chi connectivity index (χ2n) is 7.82. The third kappa shape index (κ3) is 4.04. The molecule has 28 heavy (non-hydrogen) atoms. The van der Waals surface area contributed by atoms with E-state index in [-0.39, 0.29) is 17.9 Å². The van der Waals surface area contributed by atoms with Crippen molar-refractivity contribution < 1.29 is 9.59 Å². The van der Waals surface area contributed by atoms with Crippen molar-refractivity contribution in [3.63, 3.8) is 0 Å². The van der Waals surface area contributed by atoms with Gasteiger partial charge in [0, 0.05) is 31.2 Å². The first-order valence-corrected chi connectivity index (χ1v) is 10.3. The van der Waals surface area contributed by atoms with Gasteiger partial charge < -0.3 is 16.0 Å². The molecule has 1 heterocycles. The van der Waals surface area contributed by atoms with Crippen LogP contribution in [0.1, 0.15) is 49.9 Å². The maximum absolute atomic E-state index is 13.1. The Kier molecular flexibility index (Phi) is 6.35. The Morgan fingerprint density at radius 1 is 1.14 bits per heavy atom. The van der Waals surface area contributed by atoms with Crippen molar-refractivity contribution in [2.75, 3.05) is 19.6 Å². The van der Waals surface area contributed by atoms with Crippen LogP contribution in [0.15, 0.2) is 42.5 Å². The van der Waals surface area contributed by atoms with Gasteiger partial charge in [-0.2, -0.15) is 0 Å². The van der Waals surface area contributed by atoms with Gasteiger partial charge in [-0.3, -0.25) is 9.59 Å². The van der Waals surface area contributed by atoms with Crippen molar-refractivity contribution >= 4 is 22.6 Å². The molecule has 5 nitrogen and oxygen atoms in total. The molecule has 0 saturated carbocycles. The van der Waals surface area contributed by atoms with E-state index < -0.39 is 5.41 Å². The van der Waals surface area contributed by atoms with E-state index in [1.165, 1.54) is 0 Å². The number of carbonyl (C=O) groups is 2. The number of hydrogen-bond donors (Lipinski definition) is 2. The quantitative estimate of drug-likeness (QED) is 0.806. The largest absolute Gasteiger partial charge is 0.348 e. The maximum Gasteiger partial charge on any atom is 0.251 e. The highest BCUT2D eigenvalue weighted by molar-refractivity contribution is 5.98. The summed E-state index contributed by atoms with van der Waals surface area (Å²) in [5, 5.41) is 5.29. The zero-order valence-electron chi connectivity index (χ0n) is 16.9. The highest BCUT2D eigenvalue weighted by atomic mass is 16.2. The van der Waals surface area contributed by atoms with Gasteiger partial charge in [-0.1, -0.05) is 44.2 Å². The molecule has 0 aliphatic carbocycles. The molecular formula is C23H31N3O2. The smallest absolute Gasteiger partial charge is 0.251 e. The van der Waals surface area contributed by atoms with Gasteiger partial charge in [0.25, 0.3) is 5.91 Å². The van der Waals surface area contributed by atoms with Gasteiger partial charge in [0.15, 0.2) is 0 Å². The third-order valence-corrected chi connectivity index (χ3v) is 6.25. The van der Waals surface area contributed by atoms with Crippen molar-refractivity contribution in [1.82, 2.24) is 10.2 Å². The Morgan fingerprint density at radius 3 is 2.54 bits per heavy atom. The number of rotatable bonds is 6. The number of nitrogens with zero attached hydrogens (tertiary/aromatic N) is 1. The summed E-state index contributed by atoms with van der Waals surface area (Å²) >= 11 is 0. The van der Waals surface area contributed by atoms with Crippen LogP contribution in [0, 0.1) is 5.41 Å². The predicted molar refractivity (Wildman–Crippen MR) is 113 cm³/mol. The molecule has 150 valence electrons. The summed E-state index contributed by atoms with van der Waals surface area (Å²) in [4.78, 5) is 27.8. The van der Waals surface area contributed by atoms with E-state index in [4.69, 9.17) is 5.73 Å². The number of carbonyl (C=O) groups excluding carboxylic acids is 2. The van der Waals surface area contributed by atoms with Crippen LogP contribution in [0.4, 0.5) is 0 Å². The Morgan fingerprint density at radius 2 is 1.86 bits per heavy atom. The molecule has 1 unspecified atom stereocenters. The van der Waals surface area contributed by atoms with Crippen LogP contribution >= 0.6 is 0 Å². The fraction of sp³-hybridized carbons (Fsp3) is 0.478. The van der Waals surface area contributed by atoms with Crippen LogP contribution in [0.2, 0.25) is 0 Å². The van der Waals surface area contributed by atoms with Crippen molar-refractivity contribution in [3.8, 4) is 0 Å². The van der Waals surface area contributed by atoms with Gasteiger partial charge in [-0.25, -0.2) is 0 Å². The monoisotopic (exact) mass is 381 g/mol. The normalized spacial score (nSPS) is 17.5. The Hall–Kier alpha value is -2.40. The second-order valence-corrected chi connectivity index (χ2v) is 7.82. The molecule has 0 aromatic heterocycles. The van der Waals surface area contributed by atoms with Gasteiger partial charge in [-0.15, -0.1) is 0 Å². The Labute approximate surface area is 167 Å². The topological polar surface area (TPSA) is 75.4 Å². The fourth-order valence-corrected chi connectivity index (χ4v) is 4.14. The number of nitrogens with two attached hydrogens (primary N) is 1. The minimum absolute atomic E-state index is 0.0270. The molecule has 0 bridgehead atoms. The van der Waals surface area contributed by atoms with Gasteiger partial charge in [-0.05, 0) is 48.6 Å². The zero-order valence-corrected chi connectivity index (χ0v) is 16.9. The molecule has 0 radical (unpaired) electrons. The van der Waals surface area contributed by atoms with Gasteiger partial charge in [0.05, 0.1) is 5.41 Å². The van der Waals surface area contributed by atoms with E-state index in [1.807, 2.05) is 61.2 Å². The highest BCUT2D eigenvalue weighted by Crippen LogP contribution is 2.29. The van der Waals surface area contributed by atoms with E-state index >= 15 is 0 Å². The Balaban J connectivity index is 1.68. The molecule has 0 spiro atoms. The number of nitrogens with one attached hydrogen (secondary N) is 1. The SMILES string of the molecule is CCC(CC)(CN)C(=O)N1CCCC(NC(=O)c2ccc3ccccc3c2)C1. The van der Waals surface area contributed by atoms with E-state index in [1.54, 1.807) is 0 Å². The van der Waals surface area contributed by atoms with Gasteiger partial charge in [0.2, 0.25) is 5.91 Å². The maximum atomic E-state index is 13.1. The lowest BCUT2D eigenvalue weighted by Crippen LogP contribution is -2.55. The number of benzene rings is 2. The van der Waals surface area contributed by atoms with Crippen LogP contribution in [-0.2, 0) is 4.79 Å². The standard InChI is InChI=1S/C23H31N3O2/c1-3-23(4-2,16-24)22(28)26-13-7-10-20(15-26)25-21(27)19-12-11-17-8-5-6-9-18(17)14-19/h5-6,8-9,11-12,14,20H,3-4,7,10,13,15-16,24H2,1-2H3,(H,25,27). The summed E-state index contributed by atoms with van der Waals surface area (Å²) in [6, 6.07) is 13.7. The fourth-order valence-electron chi connectivity index (χ4n) is 4.14. The van der Waals surface area contributed by atoms with Crippen molar-refractivity contribution in [1.29, 1.82) is 0 Å². The third-order valence-electron chi connectivity index (χ3n) is 6.25. The van der Waals surface area contributed by atoms with Crippen LogP contribution in [0.25, 0.3) is 10.8 Å². The summed E-state index contributed by atoms with van der Waals surface area (Å²) in [6.07, 6.45) is 3.26. The number of likely N-dealkylation sites (tertiary alicyclic amines) is 1. The Bertz CT molecular complexity index is 836. The van der Waals surface area contributed by atoms with E-state index in [9.17, 15) is 9.59 Å². The van der Waals surface area contributed by atoms with E-state index in [0.29, 0.717) is 18.7 Å². The van der Waals surface area contributed by atoms with Crippen LogP contribution in [0.5, 0.6) is 0 Å². The molecule has 2 amide bonds. The first-order chi connectivity index (χ1) is 13.5. The molecule has 3 rings (SSSR count). The number of piperidine rings is 1. The van der Waals surface area contributed by atoms with Crippen LogP contribution < -0.4 is 11.1 Å². The first-order valence-electron chi connectivity index (χ1n) is 10.3. The molecule has 1 fully saturated rings. The lowest BCUT2D eigenvalue weighted by atomic mass is 9.80. The zero-order chi connectivity index (χ0) is 20.1. The minimum Gasteiger partial charge on any atom is -0.348 e. The average molecular weight is 382 g/mol. The van der Waals surface area contributed by atoms with E-state index in [2.05, 4.69) is 5.32 Å². The van der Waals surface area contributed by atoms with Crippen molar-refractivity contribution in [2.45, 2.75) is 45.6 Å². The lowest BCUT2D eigenvalue weighted by Gasteiger charge is -2.39. The van der Waals surface area contributed by atoms with Crippen LogP contribution in [0.3, 0.4) is 0 Å². The molecule has 1 aliphatic heterocycles. The van der Waals surface area contributed by atoms with E-state index in [0.717, 1.165) is 43.0 Å². The first kappa shape index (κ1) is 20.3. The lowest BCUT2D eigenvalue weighted by molar-refractivity contribution is -0.143. The summed E-state index contributed by atoms with van der Waals surface area (Å²) in [7, 11) is 0. The molecular weight excluding hydrogens is 350 g/mol. The summed E-state index contributed by atoms with van der Waals surface area (Å²) in [6.45, 7) is 5.71. The summed E-state index contributed by atoms with van der Waals surface area (Å²) < 4.78 is 0. The summed E-state index contributed by atoms with van der Waals surface area (Å²) in [5.74, 6) is 0.0470. The molecule has 1 saturated heterocycles. The number of amides is 2. The number of hydrogen-bond acceptors (Lipinski definition) is 3. The molecule has 5 heteroatoms. The van der Waals surface area contributed by atoms with Crippen molar-refractivity contribution in [2.24, 2.45) is 11.1 Å². The van der Waals surface area contributed by atoms with Crippen LogP contribution in [-0.4, -0.2) is 42.4 Å². The molecule has 2 aromatic rings. The highest BCUT2D eigenvalue weighted by Gasteiger charge is 2.38. The van der Waals surface area contributed by atoms with Gasteiger partial charge >= 0.3 is 0 Å². The minimum atomic E-state index is -0.482. The molecule has 1 aliphatic rings. The number of fused-ring (bicyclic) bond motifs is 1. The molecule has 3 N–H and O–H groups in total. The molecule has 1 atom stereocenters. The van der Waals surface area contributed by atoms with Crippen molar-refractivity contribution in [3.05, 3.63) is 48.0 Å².